The van der Waals surface area contributed by atoms with E-state index in [0.29, 0.717) is 32.2 Å². The molecule has 0 aromatic heterocycles. The third kappa shape index (κ3) is 7.45. The maximum absolute atomic E-state index is 13.6. The van der Waals surface area contributed by atoms with Gasteiger partial charge in [0.05, 0.1) is 6.04 Å². The van der Waals surface area contributed by atoms with E-state index in [9.17, 15) is 14.4 Å². The standard InChI is InChI=1S/C23H37N7O3/c1-14(2)11-17(24)21(32)29-18(9-6-10-28-23(26)27-3)22(33)30-13-16-8-5-4-7-15(16)12-19(30)20(25)31/h4-5,7-8,14,17-19H,6,9-13,24H2,1-3H3,(H2,25,31)(H,29,32)(H3,26,27,28)/t17-,18-,19-/m0/s1. The van der Waals surface area contributed by atoms with Crippen LogP contribution in [0.3, 0.4) is 0 Å². The van der Waals surface area contributed by atoms with Gasteiger partial charge < -0.3 is 32.3 Å². The number of carbonyl (C=O) groups excluding carboxylic acids is 3. The maximum Gasteiger partial charge on any atom is 0.246 e. The molecule has 0 radical (unpaired) electrons. The Morgan fingerprint density at radius 1 is 1.21 bits per heavy atom. The van der Waals surface area contributed by atoms with Crippen LogP contribution in [-0.2, 0) is 27.3 Å². The van der Waals surface area contributed by atoms with Crippen molar-refractivity contribution in [1.82, 2.24) is 20.9 Å². The number of nitrogens with one attached hydrogen (secondary N) is 4. The van der Waals surface area contributed by atoms with Crippen molar-refractivity contribution in [2.75, 3.05) is 13.6 Å². The largest absolute Gasteiger partial charge is 0.368 e. The first-order valence-electron chi connectivity index (χ1n) is 11.4. The molecule has 2 rings (SSSR count). The molecule has 1 aromatic rings. The molecule has 0 bridgehead atoms. The van der Waals surface area contributed by atoms with Gasteiger partial charge in [-0.3, -0.25) is 19.8 Å². The Labute approximate surface area is 195 Å². The van der Waals surface area contributed by atoms with Crippen LogP contribution >= 0.6 is 0 Å². The molecule has 0 saturated carbocycles. The molecule has 3 amide bonds. The summed E-state index contributed by atoms with van der Waals surface area (Å²) < 4.78 is 0. The van der Waals surface area contributed by atoms with Crippen LogP contribution in [0.4, 0.5) is 0 Å². The highest BCUT2D eigenvalue weighted by atomic mass is 16.2. The van der Waals surface area contributed by atoms with Gasteiger partial charge in [-0.05, 0) is 36.3 Å². The Bertz CT molecular complexity index is 858. The number of nitrogens with two attached hydrogens (primary N) is 2. The van der Waals surface area contributed by atoms with Crippen LogP contribution in [0.5, 0.6) is 0 Å². The molecule has 8 N–H and O–H groups in total. The number of primary amides is 1. The van der Waals surface area contributed by atoms with Crippen LogP contribution in [0.25, 0.3) is 0 Å². The molecule has 0 unspecified atom stereocenters. The molecule has 0 fully saturated rings. The van der Waals surface area contributed by atoms with Gasteiger partial charge in [0.25, 0.3) is 0 Å². The van der Waals surface area contributed by atoms with Gasteiger partial charge in [0.1, 0.15) is 12.1 Å². The van der Waals surface area contributed by atoms with Crippen molar-refractivity contribution in [3.63, 3.8) is 0 Å². The Morgan fingerprint density at radius 2 is 1.88 bits per heavy atom. The van der Waals surface area contributed by atoms with Crippen LogP contribution in [-0.4, -0.2) is 60.3 Å². The minimum Gasteiger partial charge on any atom is -0.368 e. The number of nitrogens with zero attached hydrogens (tertiary/aromatic N) is 1. The Morgan fingerprint density at radius 3 is 2.48 bits per heavy atom. The second-order valence-corrected chi connectivity index (χ2v) is 8.85. The van der Waals surface area contributed by atoms with Gasteiger partial charge in [0.15, 0.2) is 5.96 Å². The van der Waals surface area contributed by atoms with E-state index in [0.717, 1.165) is 11.1 Å². The first-order chi connectivity index (χ1) is 15.6. The molecule has 1 aromatic carbocycles. The Hall–Kier alpha value is -3.14. The lowest BCUT2D eigenvalue weighted by Crippen LogP contribution is -2.58. The van der Waals surface area contributed by atoms with Crippen LogP contribution in [0, 0.1) is 11.3 Å². The van der Waals surface area contributed by atoms with Gasteiger partial charge in [-0.25, -0.2) is 0 Å². The quantitative estimate of drug-likeness (QED) is 0.161. The fraction of sp³-hybridized carbons (Fsp3) is 0.565. The van der Waals surface area contributed by atoms with Gasteiger partial charge in [-0.2, -0.15) is 0 Å². The Kier molecular flexibility index (Phi) is 9.65. The second-order valence-electron chi connectivity index (χ2n) is 8.85. The zero-order valence-corrected chi connectivity index (χ0v) is 19.7. The summed E-state index contributed by atoms with van der Waals surface area (Å²) in [7, 11) is 1.64. The molecular weight excluding hydrogens is 422 g/mol. The normalized spacial score (nSPS) is 17.0. The molecule has 182 valence electrons. The number of guanidine groups is 1. The summed E-state index contributed by atoms with van der Waals surface area (Å²) in [6.07, 6.45) is 1.68. The molecule has 0 spiro atoms. The second kappa shape index (κ2) is 12.2. The molecule has 1 heterocycles. The van der Waals surface area contributed by atoms with Gasteiger partial charge in [-0.1, -0.05) is 38.1 Å². The molecule has 10 nitrogen and oxygen atoms in total. The van der Waals surface area contributed by atoms with E-state index in [-0.39, 0.29) is 24.3 Å². The predicted molar refractivity (Wildman–Crippen MR) is 127 cm³/mol. The van der Waals surface area contributed by atoms with Crippen LogP contribution < -0.4 is 27.4 Å². The van der Waals surface area contributed by atoms with Crippen molar-refractivity contribution in [2.45, 2.75) is 64.2 Å². The van der Waals surface area contributed by atoms with Gasteiger partial charge in [0.2, 0.25) is 17.7 Å². The number of hydrogen-bond acceptors (Lipinski definition) is 5. The minimum atomic E-state index is -0.853. The smallest absolute Gasteiger partial charge is 0.246 e. The first kappa shape index (κ1) is 26.1. The highest BCUT2D eigenvalue weighted by Gasteiger charge is 2.37. The monoisotopic (exact) mass is 459 g/mol. The topological polar surface area (TPSA) is 166 Å². The van der Waals surface area contributed by atoms with E-state index in [1.54, 1.807) is 7.05 Å². The Balaban J connectivity index is 2.19. The third-order valence-electron chi connectivity index (χ3n) is 5.76. The molecule has 10 heteroatoms. The number of rotatable bonds is 10. The van der Waals surface area contributed by atoms with Crippen molar-refractivity contribution < 1.29 is 14.4 Å². The van der Waals surface area contributed by atoms with Crippen molar-refractivity contribution in [3.8, 4) is 0 Å². The molecule has 3 atom stereocenters. The zero-order chi connectivity index (χ0) is 24.5. The van der Waals surface area contributed by atoms with Crippen molar-refractivity contribution in [1.29, 1.82) is 5.41 Å². The van der Waals surface area contributed by atoms with Gasteiger partial charge >= 0.3 is 0 Å². The fourth-order valence-electron chi connectivity index (χ4n) is 3.97. The van der Waals surface area contributed by atoms with E-state index in [2.05, 4.69) is 16.0 Å². The average Bonchev–Trinajstić information content (AvgIpc) is 2.78. The van der Waals surface area contributed by atoms with E-state index in [1.807, 2.05) is 38.1 Å². The summed E-state index contributed by atoms with van der Waals surface area (Å²) in [5.41, 5.74) is 13.6. The van der Waals surface area contributed by atoms with E-state index in [1.165, 1.54) is 4.90 Å². The van der Waals surface area contributed by atoms with Crippen LogP contribution in [0.15, 0.2) is 24.3 Å². The van der Waals surface area contributed by atoms with E-state index < -0.39 is 29.9 Å². The number of amides is 3. The lowest BCUT2D eigenvalue weighted by Gasteiger charge is -2.37. The van der Waals surface area contributed by atoms with Crippen molar-refractivity contribution in [2.24, 2.45) is 17.4 Å². The van der Waals surface area contributed by atoms with Crippen LogP contribution in [0.1, 0.15) is 44.2 Å². The number of carbonyl (C=O) groups is 3. The average molecular weight is 460 g/mol. The lowest BCUT2D eigenvalue weighted by molar-refractivity contribution is -0.144. The lowest BCUT2D eigenvalue weighted by atomic mass is 9.92. The third-order valence-corrected chi connectivity index (χ3v) is 5.76. The van der Waals surface area contributed by atoms with Crippen LogP contribution in [0.2, 0.25) is 0 Å². The van der Waals surface area contributed by atoms with Gasteiger partial charge in [-0.15, -0.1) is 0 Å². The molecule has 0 aliphatic carbocycles. The van der Waals surface area contributed by atoms with Crippen molar-refractivity contribution in [3.05, 3.63) is 35.4 Å². The summed E-state index contributed by atoms with van der Waals surface area (Å²) in [5.74, 6) is -0.937. The number of fused-ring (bicyclic) bond motifs is 1. The zero-order valence-electron chi connectivity index (χ0n) is 19.7. The highest BCUT2D eigenvalue weighted by molar-refractivity contribution is 5.93. The molecule has 1 aliphatic rings. The highest BCUT2D eigenvalue weighted by Crippen LogP contribution is 2.24. The summed E-state index contributed by atoms with van der Waals surface area (Å²) in [6.45, 7) is 4.64. The maximum atomic E-state index is 13.6. The number of hydrogen-bond donors (Lipinski definition) is 6. The number of benzene rings is 1. The van der Waals surface area contributed by atoms with E-state index >= 15 is 0 Å². The molecule has 33 heavy (non-hydrogen) atoms. The van der Waals surface area contributed by atoms with Gasteiger partial charge in [0, 0.05) is 26.6 Å². The molecule has 0 saturated heterocycles. The van der Waals surface area contributed by atoms with Crippen molar-refractivity contribution >= 4 is 23.7 Å². The van der Waals surface area contributed by atoms with E-state index in [4.69, 9.17) is 16.9 Å². The minimum absolute atomic E-state index is 0.169. The molecular formula is C23H37N7O3. The molecule has 1 aliphatic heterocycles. The SMILES string of the molecule is CNC(=N)NCCC[C@H](NC(=O)[C@@H](N)CC(C)C)C(=O)N1Cc2ccccc2C[C@H]1C(N)=O. The summed E-state index contributed by atoms with van der Waals surface area (Å²) in [5, 5.41) is 16.0. The predicted octanol–water partition coefficient (Wildman–Crippen LogP) is -0.193. The summed E-state index contributed by atoms with van der Waals surface area (Å²) in [4.78, 5) is 40.0. The fourth-order valence-corrected chi connectivity index (χ4v) is 3.97. The summed E-state index contributed by atoms with van der Waals surface area (Å²) >= 11 is 0. The first-order valence-corrected chi connectivity index (χ1v) is 11.4. The summed E-state index contributed by atoms with van der Waals surface area (Å²) in [6, 6.07) is 5.26.